The van der Waals surface area contributed by atoms with Gasteiger partial charge in [-0.15, -0.1) is 0 Å². The first-order chi connectivity index (χ1) is 4.89. The lowest BCUT2D eigenvalue weighted by Crippen LogP contribution is -2.45. The number of carboxylic acids is 1. The molecule has 4 heteroatoms. The number of carbonyl (C=O) groups is 1. The van der Waals surface area contributed by atoms with Crippen LogP contribution in [0, 0.1) is 5.41 Å². The van der Waals surface area contributed by atoms with E-state index in [-0.39, 0.29) is 5.41 Å². The van der Waals surface area contributed by atoms with Gasteiger partial charge in [0.1, 0.15) is 6.04 Å². The second-order valence-electron chi connectivity index (χ2n) is 3.46. The van der Waals surface area contributed by atoms with E-state index >= 15 is 0 Å². The van der Waals surface area contributed by atoms with Crippen LogP contribution in [-0.4, -0.2) is 24.2 Å². The molecule has 0 aromatic heterocycles. The van der Waals surface area contributed by atoms with Crippen LogP contribution in [0.3, 0.4) is 0 Å². The summed E-state index contributed by atoms with van der Waals surface area (Å²) in [5, 5.41) is 8.70. The molecule has 66 valence electrons. The lowest BCUT2D eigenvalue weighted by atomic mass is 9.87. The maximum absolute atomic E-state index is 10.6. The molecule has 0 fully saturated rings. The minimum absolute atomic E-state index is 0.345. The second-order valence-corrected chi connectivity index (χ2v) is 3.46. The zero-order valence-electron chi connectivity index (χ0n) is 7.34. The van der Waals surface area contributed by atoms with Gasteiger partial charge in [0.05, 0.1) is 7.11 Å². The Kier molecular flexibility index (Phi) is 3.48. The van der Waals surface area contributed by atoms with Crippen LogP contribution in [0.5, 0.6) is 0 Å². The Morgan fingerprint density at radius 1 is 1.55 bits per heavy atom. The molecule has 0 saturated carbocycles. The van der Waals surface area contributed by atoms with Crippen LogP contribution < -0.4 is 5.48 Å². The van der Waals surface area contributed by atoms with E-state index < -0.39 is 12.0 Å². The molecule has 0 radical (unpaired) electrons. The van der Waals surface area contributed by atoms with Gasteiger partial charge in [-0.25, -0.2) is 0 Å². The molecule has 0 aromatic rings. The smallest absolute Gasteiger partial charge is 0.323 e. The molecule has 2 N–H and O–H groups in total. The minimum Gasteiger partial charge on any atom is -0.480 e. The number of aliphatic carboxylic acids is 1. The van der Waals surface area contributed by atoms with Crippen molar-refractivity contribution in [1.82, 2.24) is 5.48 Å². The summed E-state index contributed by atoms with van der Waals surface area (Å²) in [6.45, 7) is 5.49. The summed E-state index contributed by atoms with van der Waals surface area (Å²) in [5.41, 5.74) is 2.08. The molecule has 4 nitrogen and oxygen atoms in total. The lowest BCUT2D eigenvalue weighted by Gasteiger charge is -2.26. The van der Waals surface area contributed by atoms with Crippen LogP contribution in [0.1, 0.15) is 20.8 Å². The van der Waals surface area contributed by atoms with Crippen LogP contribution in [-0.2, 0) is 9.63 Å². The van der Waals surface area contributed by atoms with E-state index in [2.05, 4.69) is 10.3 Å². The molecular weight excluding hydrogens is 146 g/mol. The highest BCUT2D eigenvalue weighted by Gasteiger charge is 2.30. The van der Waals surface area contributed by atoms with Gasteiger partial charge < -0.3 is 9.94 Å². The molecule has 11 heavy (non-hydrogen) atoms. The lowest BCUT2D eigenvalue weighted by molar-refractivity contribution is -0.147. The first-order valence-corrected chi connectivity index (χ1v) is 3.41. The zero-order chi connectivity index (χ0) is 9.07. The maximum Gasteiger partial charge on any atom is 0.323 e. The Morgan fingerprint density at radius 2 is 2.00 bits per heavy atom. The van der Waals surface area contributed by atoms with E-state index in [1.165, 1.54) is 7.11 Å². The van der Waals surface area contributed by atoms with E-state index in [4.69, 9.17) is 5.11 Å². The van der Waals surface area contributed by atoms with Gasteiger partial charge in [0.2, 0.25) is 0 Å². The third-order valence-corrected chi connectivity index (χ3v) is 1.35. The highest BCUT2D eigenvalue weighted by atomic mass is 16.6. The van der Waals surface area contributed by atoms with Crippen molar-refractivity contribution in [2.75, 3.05) is 7.11 Å². The van der Waals surface area contributed by atoms with Crippen LogP contribution in [0.25, 0.3) is 0 Å². The highest BCUT2D eigenvalue weighted by molar-refractivity contribution is 5.74. The highest BCUT2D eigenvalue weighted by Crippen LogP contribution is 2.18. The Labute approximate surface area is 66.5 Å². The molecule has 0 aliphatic rings. The molecule has 0 aromatic carbocycles. The largest absolute Gasteiger partial charge is 0.480 e. The van der Waals surface area contributed by atoms with Gasteiger partial charge >= 0.3 is 5.97 Å². The van der Waals surface area contributed by atoms with Gasteiger partial charge in [-0.1, -0.05) is 20.8 Å². The number of hydrogen-bond acceptors (Lipinski definition) is 3. The average molecular weight is 161 g/mol. The van der Waals surface area contributed by atoms with Crippen LogP contribution in [0.2, 0.25) is 0 Å². The summed E-state index contributed by atoms with van der Waals surface area (Å²) < 4.78 is 0. The monoisotopic (exact) mass is 161 g/mol. The maximum atomic E-state index is 10.6. The first-order valence-electron chi connectivity index (χ1n) is 3.41. The SMILES string of the molecule is CON[C@H](C(=O)O)C(C)(C)C. The van der Waals surface area contributed by atoms with E-state index in [9.17, 15) is 4.79 Å². The van der Waals surface area contributed by atoms with Gasteiger partial charge in [-0.2, -0.15) is 5.48 Å². The molecule has 1 atom stereocenters. The normalized spacial score (nSPS) is 14.5. The fourth-order valence-electron chi connectivity index (χ4n) is 0.715. The third kappa shape index (κ3) is 3.34. The van der Waals surface area contributed by atoms with Crippen molar-refractivity contribution in [2.45, 2.75) is 26.8 Å². The molecule has 0 aliphatic heterocycles. The van der Waals surface area contributed by atoms with E-state index in [0.717, 1.165) is 0 Å². The van der Waals surface area contributed by atoms with Crippen LogP contribution >= 0.6 is 0 Å². The Hall–Kier alpha value is -0.610. The average Bonchev–Trinajstić information content (AvgIpc) is 1.79. The Bertz CT molecular complexity index is 139. The summed E-state index contributed by atoms with van der Waals surface area (Å²) in [4.78, 5) is 15.2. The molecule has 0 saturated heterocycles. The molecular formula is C7H15NO3. The quantitative estimate of drug-likeness (QED) is 0.596. The molecule has 0 rings (SSSR count). The fourth-order valence-corrected chi connectivity index (χ4v) is 0.715. The predicted octanol–water partition coefficient (Wildman–Crippen LogP) is 0.637. The van der Waals surface area contributed by atoms with Crippen molar-refractivity contribution >= 4 is 5.97 Å². The van der Waals surface area contributed by atoms with Crippen LogP contribution in [0.4, 0.5) is 0 Å². The number of hydrogen-bond donors (Lipinski definition) is 2. The standard InChI is InChI=1S/C7H15NO3/c1-7(2,3)5(6(9)10)8-11-4/h5,8H,1-4H3,(H,9,10)/t5-/m1/s1. The van der Waals surface area contributed by atoms with E-state index in [1.54, 1.807) is 0 Å². The van der Waals surface area contributed by atoms with E-state index in [1.807, 2.05) is 20.8 Å². The summed E-state index contributed by atoms with van der Waals surface area (Å²) in [6.07, 6.45) is 0. The van der Waals surface area contributed by atoms with Gasteiger partial charge in [-0.3, -0.25) is 4.79 Å². The summed E-state index contributed by atoms with van der Waals surface area (Å²) in [5.74, 6) is -0.903. The molecule has 0 bridgehead atoms. The molecule has 0 heterocycles. The summed E-state index contributed by atoms with van der Waals surface area (Å²) >= 11 is 0. The Morgan fingerprint density at radius 3 is 2.09 bits per heavy atom. The number of hydroxylamine groups is 1. The van der Waals surface area contributed by atoms with Crippen molar-refractivity contribution in [3.8, 4) is 0 Å². The molecule has 0 unspecified atom stereocenters. The second kappa shape index (κ2) is 3.69. The first kappa shape index (κ1) is 10.4. The van der Waals surface area contributed by atoms with Crippen LogP contribution in [0.15, 0.2) is 0 Å². The van der Waals surface area contributed by atoms with Crippen molar-refractivity contribution in [3.05, 3.63) is 0 Å². The van der Waals surface area contributed by atoms with Gasteiger partial charge in [0.15, 0.2) is 0 Å². The Balaban J connectivity index is 4.22. The van der Waals surface area contributed by atoms with Gasteiger partial charge in [0.25, 0.3) is 0 Å². The number of carboxylic acid groups (broad SMARTS) is 1. The number of rotatable bonds is 3. The summed E-state index contributed by atoms with van der Waals surface area (Å²) in [6, 6.07) is -0.674. The summed E-state index contributed by atoms with van der Waals surface area (Å²) in [7, 11) is 1.40. The van der Waals surface area contributed by atoms with Gasteiger partial charge in [0, 0.05) is 0 Å². The van der Waals surface area contributed by atoms with Gasteiger partial charge in [-0.05, 0) is 5.41 Å². The molecule has 0 spiro atoms. The topological polar surface area (TPSA) is 58.6 Å². The fraction of sp³-hybridized carbons (Fsp3) is 0.857. The molecule has 0 aliphatic carbocycles. The van der Waals surface area contributed by atoms with Crippen molar-refractivity contribution in [1.29, 1.82) is 0 Å². The molecule has 0 amide bonds. The minimum atomic E-state index is -0.903. The number of nitrogens with one attached hydrogen (secondary N) is 1. The van der Waals surface area contributed by atoms with Crippen molar-refractivity contribution in [3.63, 3.8) is 0 Å². The predicted molar refractivity (Wildman–Crippen MR) is 41.0 cm³/mol. The van der Waals surface area contributed by atoms with E-state index in [0.29, 0.717) is 0 Å². The van der Waals surface area contributed by atoms with Crippen molar-refractivity contribution < 1.29 is 14.7 Å². The third-order valence-electron chi connectivity index (χ3n) is 1.35. The zero-order valence-corrected chi connectivity index (χ0v) is 7.34. The van der Waals surface area contributed by atoms with Crippen molar-refractivity contribution in [2.24, 2.45) is 5.41 Å².